The maximum atomic E-state index is 5.61. The van der Waals surface area contributed by atoms with E-state index in [-0.39, 0.29) is 0 Å². The van der Waals surface area contributed by atoms with Crippen LogP contribution in [-0.2, 0) is 6.42 Å². The summed E-state index contributed by atoms with van der Waals surface area (Å²) in [6.45, 7) is 2.28. The van der Waals surface area contributed by atoms with Crippen LogP contribution in [0.4, 0.5) is 0 Å². The molecule has 0 aliphatic carbocycles. The van der Waals surface area contributed by atoms with Gasteiger partial charge in [0.05, 0.1) is 4.86 Å². The molecule has 0 unspecified atom stereocenters. The summed E-state index contributed by atoms with van der Waals surface area (Å²) in [4.78, 5) is 0.941. The van der Waals surface area contributed by atoms with Crippen LogP contribution in [0.3, 0.4) is 0 Å². The molecular formula is C25H34S. The van der Waals surface area contributed by atoms with Gasteiger partial charge in [0.25, 0.3) is 0 Å². The minimum Gasteiger partial charge on any atom is -0.0788 e. The number of aryl methyl sites for hydroxylation is 1. The lowest BCUT2D eigenvalue weighted by Crippen LogP contribution is -1.99. The molecular weight excluding hydrogens is 332 g/mol. The molecule has 0 atom stereocenters. The van der Waals surface area contributed by atoms with Gasteiger partial charge in [-0.1, -0.05) is 132 Å². The van der Waals surface area contributed by atoms with Crippen LogP contribution >= 0.6 is 12.2 Å². The topological polar surface area (TPSA) is 0 Å². The van der Waals surface area contributed by atoms with Crippen molar-refractivity contribution >= 4 is 17.1 Å². The molecule has 0 nitrogen and oxygen atoms in total. The molecule has 26 heavy (non-hydrogen) atoms. The van der Waals surface area contributed by atoms with Crippen molar-refractivity contribution < 1.29 is 0 Å². The lowest BCUT2D eigenvalue weighted by atomic mass is 10.0. The van der Waals surface area contributed by atoms with Crippen LogP contribution in [0.15, 0.2) is 54.6 Å². The predicted molar refractivity (Wildman–Crippen MR) is 119 cm³/mol. The highest BCUT2D eigenvalue weighted by Crippen LogP contribution is 2.15. The van der Waals surface area contributed by atoms with Gasteiger partial charge >= 0.3 is 0 Å². The van der Waals surface area contributed by atoms with Crippen LogP contribution in [0.5, 0.6) is 0 Å². The van der Waals surface area contributed by atoms with Gasteiger partial charge in [0.2, 0.25) is 0 Å². The van der Waals surface area contributed by atoms with Gasteiger partial charge in [-0.25, -0.2) is 0 Å². The van der Waals surface area contributed by atoms with Gasteiger partial charge in [-0.05, 0) is 29.5 Å². The summed E-state index contributed by atoms with van der Waals surface area (Å²) in [5.41, 5.74) is 3.71. The molecule has 2 aromatic rings. The third-order valence-electron chi connectivity index (χ3n) is 5.07. The fraction of sp³-hybridized carbons (Fsp3) is 0.480. The Morgan fingerprint density at radius 1 is 0.615 bits per heavy atom. The molecule has 2 rings (SSSR count). The normalized spacial score (nSPS) is 10.8. The number of benzene rings is 2. The lowest BCUT2D eigenvalue weighted by molar-refractivity contribution is 0.556. The second-order valence-electron chi connectivity index (χ2n) is 7.32. The number of hydrogen-bond donors (Lipinski definition) is 0. The SMILES string of the molecule is CCCCCCCCCCCCc1ccc(C(=S)c2ccccc2)cc1. The van der Waals surface area contributed by atoms with E-state index in [1.54, 1.807) is 0 Å². The molecule has 0 radical (unpaired) electrons. The highest BCUT2D eigenvalue weighted by Gasteiger charge is 2.04. The van der Waals surface area contributed by atoms with E-state index in [4.69, 9.17) is 12.2 Å². The molecule has 2 aromatic carbocycles. The summed E-state index contributed by atoms with van der Waals surface area (Å²) >= 11 is 5.61. The van der Waals surface area contributed by atoms with E-state index in [0.29, 0.717) is 0 Å². The first-order valence-corrected chi connectivity index (χ1v) is 10.9. The van der Waals surface area contributed by atoms with Crippen molar-refractivity contribution in [1.29, 1.82) is 0 Å². The summed E-state index contributed by atoms with van der Waals surface area (Å²) in [6.07, 6.45) is 15.1. The van der Waals surface area contributed by atoms with Gasteiger partial charge < -0.3 is 0 Å². The van der Waals surface area contributed by atoms with Gasteiger partial charge in [0, 0.05) is 0 Å². The van der Waals surface area contributed by atoms with Crippen molar-refractivity contribution in [3.63, 3.8) is 0 Å². The Morgan fingerprint density at radius 3 is 1.69 bits per heavy atom. The third kappa shape index (κ3) is 7.83. The predicted octanol–water partition coefficient (Wildman–Crippen LogP) is 7.92. The second kappa shape index (κ2) is 12.8. The molecule has 0 aliphatic rings. The van der Waals surface area contributed by atoms with E-state index < -0.39 is 0 Å². The smallest absolute Gasteiger partial charge is 0.0521 e. The van der Waals surface area contributed by atoms with Crippen molar-refractivity contribution in [2.24, 2.45) is 0 Å². The molecule has 0 saturated carbocycles. The second-order valence-corrected chi connectivity index (χ2v) is 7.73. The Bertz CT molecular complexity index is 612. The molecule has 0 spiro atoms. The quantitative estimate of drug-likeness (QED) is 0.197. The summed E-state index contributed by atoms with van der Waals surface area (Å²) in [5, 5.41) is 0. The van der Waals surface area contributed by atoms with Gasteiger partial charge in [0.1, 0.15) is 0 Å². The van der Waals surface area contributed by atoms with Crippen LogP contribution in [0, 0.1) is 0 Å². The zero-order chi connectivity index (χ0) is 18.5. The van der Waals surface area contributed by atoms with Crippen molar-refractivity contribution in [3.8, 4) is 0 Å². The largest absolute Gasteiger partial charge is 0.0788 e. The molecule has 0 saturated heterocycles. The van der Waals surface area contributed by atoms with Gasteiger partial charge in [-0.2, -0.15) is 0 Å². The molecule has 0 heterocycles. The monoisotopic (exact) mass is 366 g/mol. The molecule has 0 N–H and O–H groups in total. The summed E-state index contributed by atoms with van der Waals surface area (Å²) in [6, 6.07) is 19.1. The summed E-state index contributed by atoms with van der Waals surface area (Å²) in [5.74, 6) is 0. The Morgan fingerprint density at radius 2 is 1.12 bits per heavy atom. The van der Waals surface area contributed by atoms with E-state index >= 15 is 0 Å². The molecule has 140 valence electrons. The Balaban J connectivity index is 1.60. The Hall–Kier alpha value is -1.47. The number of hydrogen-bond acceptors (Lipinski definition) is 1. The average Bonchev–Trinajstić information content (AvgIpc) is 2.70. The number of unbranched alkanes of at least 4 members (excludes halogenated alkanes) is 9. The molecule has 1 heteroatoms. The zero-order valence-electron chi connectivity index (χ0n) is 16.4. The fourth-order valence-electron chi connectivity index (χ4n) is 3.40. The van der Waals surface area contributed by atoms with E-state index in [9.17, 15) is 0 Å². The minimum atomic E-state index is 0.941. The maximum absolute atomic E-state index is 5.61. The molecule has 0 bridgehead atoms. The highest BCUT2D eigenvalue weighted by atomic mass is 32.1. The summed E-state index contributed by atoms with van der Waals surface area (Å²) in [7, 11) is 0. The first kappa shape index (κ1) is 20.8. The van der Waals surface area contributed by atoms with Crippen LogP contribution < -0.4 is 0 Å². The molecule has 0 aliphatic heterocycles. The van der Waals surface area contributed by atoms with Crippen LogP contribution in [0.1, 0.15) is 87.8 Å². The molecule has 0 aromatic heterocycles. The maximum Gasteiger partial charge on any atom is 0.0521 e. The number of thiocarbonyl (C=S) groups is 1. The fourth-order valence-corrected chi connectivity index (χ4v) is 3.67. The van der Waals surface area contributed by atoms with Crippen LogP contribution in [-0.4, -0.2) is 4.86 Å². The number of rotatable bonds is 13. The van der Waals surface area contributed by atoms with Crippen LogP contribution in [0.2, 0.25) is 0 Å². The van der Waals surface area contributed by atoms with Crippen LogP contribution in [0.25, 0.3) is 0 Å². The first-order valence-electron chi connectivity index (χ1n) is 10.5. The summed E-state index contributed by atoms with van der Waals surface area (Å²) < 4.78 is 0. The standard InChI is InChI=1S/C25H34S/c1-2-3-4-5-6-7-8-9-10-12-15-22-18-20-24(21-19-22)25(26)23-16-13-11-14-17-23/h11,13-14,16-21H,2-10,12,15H2,1H3. The highest BCUT2D eigenvalue weighted by molar-refractivity contribution is 7.81. The van der Waals surface area contributed by atoms with Crippen molar-refractivity contribution in [2.75, 3.05) is 0 Å². The third-order valence-corrected chi connectivity index (χ3v) is 5.54. The van der Waals surface area contributed by atoms with Gasteiger partial charge in [-0.15, -0.1) is 0 Å². The van der Waals surface area contributed by atoms with Gasteiger partial charge in [-0.3, -0.25) is 0 Å². The first-order chi connectivity index (χ1) is 12.8. The lowest BCUT2D eigenvalue weighted by Gasteiger charge is -2.07. The minimum absolute atomic E-state index is 0.941. The van der Waals surface area contributed by atoms with E-state index in [1.807, 2.05) is 18.2 Å². The van der Waals surface area contributed by atoms with E-state index in [1.165, 1.54) is 76.2 Å². The zero-order valence-corrected chi connectivity index (χ0v) is 17.2. The van der Waals surface area contributed by atoms with Crippen molar-refractivity contribution in [1.82, 2.24) is 0 Å². The molecule has 0 fully saturated rings. The molecule has 0 amide bonds. The average molecular weight is 367 g/mol. The Labute approximate surface area is 166 Å². The van der Waals surface area contributed by atoms with Crippen molar-refractivity contribution in [3.05, 3.63) is 71.3 Å². The van der Waals surface area contributed by atoms with E-state index in [0.717, 1.165) is 16.0 Å². The van der Waals surface area contributed by atoms with Gasteiger partial charge in [0.15, 0.2) is 0 Å². The van der Waals surface area contributed by atoms with E-state index in [2.05, 4.69) is 43.3 Å². The van der Waals surface area contributed by atoms with Crippen molar-refractivity contribution in [2.45, 2.75) is 77.6 Å². The Kier molecular flexibility index (Phi) is 10.3.